The molecule has 2 aromatic rings. The lowest BCUT2D eigenvalue weighted by Gasteiger charge is -2.46. The number of para-hydroxylation sites is 2. The van der Waals surface area contributed by atoms with Crippen LogP contribution in [0.3, 0.4) is 0 Å². The van der Waals surface area contributed by atoms with Crippen molar-refractivity contribution < 1.29 is 28.7 Å². The van der Waals surface area contributed by atoms with Gasteiger partial charge in [-0.3, -0.25) is 29.0 Å². The van der Waals surface area contributed by atoms with E-state index in [-0.39, 0.29) is 5.57 Å². The van der Waals surface area contributed by atoms with Crippen molar-refractivity contribution in [3.05, 3.63) is 72.3 Å². The first-order chi connectivity index (χ1) is 16.5. The predicted octanol–water partition coefficient (Wildman–Crippen LogP) is 1.96. The maximum absolute atomic E-state index is 13.6. The highest BCUT2D eigenvalue weighted by Gasteiger charge is 2.71. The molecule has 34 heavy (non-hydrogen) atoms. The van der Waals surface area contributed by atoms with Gasteiger partial charge >= 0.3 is 5.97 Å². The van der Waals surface area contributed by atoms with Gasteiger partial charge in [-0.15, -0.1) is 0 Å². The number of benzene rings is 2. The molecular weight excluding hydrogens is 436 g/mol. The molecule has 7 rings (SSSR count). The summed E-state index contributed by atoms with van der Waals surface area (Å²) in [4.78, 5) is 69.4. The summed E-state index contributed by atoms with van der Waals surface area (Å²) in [7, 11) is 1.23. The Hall–Kier alpha value is -4.07. The lowest BCUT2D eigenvalue weighted by atomic mass is 9.52. The number of nitrogens with zero attached hydrogens (tertiary/aromatic N) is 2. The van der Waals surface area contributed by atoms with E-state index in [0.717, 1.165) is 9.80 Å². The van der Waals surface area contributed by atoms with Crippen LogP contribution in [0.1, 0.15) is 0 Å². The molecule has 0 spiro atoms. The molecule has 2 aromatic carbocycles. The standard InChI is InChI=1S/C26H20N2O6/c1-34-26(33)16-12-15-18-20(24(31)27(22(18)29)13-8-4-2-5-9-13)17(16)21-19(15)23(30)28(25(21)32)14-10-6-3-7-11-14/h2-12,15,17-21H,1H3. The molecule has 3 fully saturated rings. The van der Waals surface area contributed by atoms with E-state index in [1.807, 2.05) is 0 Å². The van der Waals surface area contributed by atoms with Crippen molar-refractivity contribution in [3.8, 4) is 0 Å². The number of hydrogen-bond donors (Lipinski definition) is 0. The number of imide groups is 2. The van der Waals surface area contributed by atoms with Crippen molar-refractivity contribution in [1.29, 1.82) is 0 Å². The third kappa shape index (κ3) is 2.50. The summed E-state index contributed by atoms with van der Waals surface area (Å²) in [6.45, 7) is 0. The summed E-state index contributed by atoms with van der Waals surface area (Å²) in [6.07, 6.45) is 1.60. The van der Waals surface area contributed by atoms with Crippen LogP contribution in [-0.4, -0.2) is 36.7 Å². The predicted molar refractivity (Wildman–Crippen MR) is 119 cm³/mol. The van der Waals surface area contributed by atoms with Crippen molar-refractivity contribution in [2.75, 3.05) is 16.9 Å². The van der Waals surface area contributed by atoms with Crippen molar-refractivity contribution in [3.63, 3.8) is 0 Å². The maximum Gasteiger partial charge on any atom is 0.333 e. The fourth-order valence-corrected chi connectivity index (χ4v) is 6.33. The lowest BCUT2D eigenvalue weighted by molar-refractivity contribution is -0.145. The molecule has 2 saturated heterocycles. The first-order valence-electron chi connectivity index (χ1n) is 11.1. The maximum atomic E-state index is 13.6. The topological polar surface area (TPSA) is 101 Å². The molecule has 2 aliphatic heterocycles. The highest BCUT2D eigenvalue weighted by Crippen LogP contribution is 2.60. The molecule has 0 radical (unpaired) electrons. The summed E-state index contributed by atoms with van der Waals surface area (Å²) in [5, 5.41) is 0. The van der Waals surface area contributed by atoms with Gasteiger partial charge in [-0.25, -0.2) is 4.79 Å². The monoisotopic (exact) mass is 456 g/mol. The van der Waals surface area contributed by atoms with E-state index in [1.54, 1.807) is 66.7 Å². The minimum Gasteiger partial charge on any atom is -0.466 e. The van der Waals surface area contributed by atoms with Gasteiger partial charge in [-0.1, -0.05) is 42.5 Å². The van der Waals surface area contributed by atoms with Crippen LogP contribution in [0.15, 0.2) is 72.3 Å². The van der Waals surface area contributed by atoms with Crippen LogP contribution in [0, 0.1) is 35.5 Å². The SMILES string of the molecule is COC(=O)C1=CC2C3C(=O)N(c4ccccc4)C(=O)C3C1C1C(=O)N(c3ccccc3)C(=O)C21. The van der Waals surface area contributed by atoms with Gasteiger partial charge < -0.3 is 4.74 Å². The second-order valence-electron chi connectivity index (χ2n) is 9.01. The smallest absolute Gasteiger partial charge is 0.333 e. The van der Waals surface area contributed by atoms with Crippen molar-refractivity contribution in [1.82, 2.24) is 0 Å². The molecule has 0 aromatic heterocycles. The number of hydrogen-bond acceptors (Lipinski definition) is 6. The van der Waals surface area contributed by atoms with Gasteiger partial charge in [0.25, 0.3) is 0 Å². The number of ether oxygens (including phenoxy) is 1. The number of rotatable bonds is 3. The third-order valence-electron chi connectivity index (χ3n) is 7.58. The Labute approximate surface area is 194 Å². The van der Waals surface area contributed by atoms with Gasteiger partial charge in [0.05, 0.1) is 42.2 Å². The summed E-state index contributed by atoms with van der Waals surface area (Å²) in [6, 6.07) is 17.1. The van der Waals surface area contributed by atoms with E-state index >= 15 is 0 Å². The number of anilines is 2. The van der Waals surface area contributed by atoms with Gasteiger partial charge in [-0.05, 0) is 24.3 Å². The molecule has 4 atom stereocenters. The number of esters is 1. The minimum absolute atomic E-state index is 0.196. The molecule has 1 saturated carbocycles. The highest BCUT2D eigenvalue weighted by atomic mass is 16.5. The first-order valence-corrected chi connectivity index (χ1v) is 11.1. The van der Waals surface area contributed by atoms with Crippen molar-refractivity contribution in [2.24, 2.45) is 35.5 Å². The van der Waals surface area contributed by atoms with Crippen LogP contribution in [0.4, 0.5) is 11.4 Å². The van der Waals surface area contributed by atoms with E-state index < -0.39 is 65.1 Å². The summed E-state index contributed by atoms with van der Waals surface area (Å²) < 4.78 is 4.96. The molecule has 0 N–H and O–H groups in total. The van der Waals surface area contributed by atoms with E-state index in [0.29, 0.717) is 11.4 Å². The third-order valence-corrected chi connectivity index (χ3v) is 7.58. The molecule has 4 unspecified atom stereocenters. The Morgan fingerprint density at radius 3 is 1.47 bits per heavy atom. The van der Waals surface area contributed by atoms with Crippen LogP contribution in [0.2, 0.25) is 0 Å². The van der Waals surface area contributed by atoms with Gasteiger partial charge in [0, 0.05) is 17.4 Å². The van der Waals surface area contributed by atoms with Gasteiger partial charge in [0.1, 0.15) is 0 Å². The van der Waals surface area contributed by atoms with E-state index in [2.05, 4.69) is 0 Å². The van der Waals surface area contributed by atoms with Crippen molar-refractivity contribution >= 4 is 41.0 Å². The normalized spacial score (nSPS) is 31.5. The van der Waals surface area contributed by atoms with Crippen LogP contribution < -0.4 is 9.80 Å². The zero-order valence-electron chi connectivity index (χ0n) is 18.2. The molecule has 8 nitrogen and oxygen atoms in total. The average Bonchev–Trinajstić information content (AvgIpc) is 3.30. The number of carbonyl (C=O) groups excluding carboxylic acids is 5. The Balaban J connectivity index is 1.49. The van der Waals surface area contributed by atoms with Gasteiger partial charge in [0.15, 0.2) is 0 Å². The van der Waals surface area contributed by atoms with Crippen molar-refractivity contribution in [2.45, 2.75) is 0 Å². The van der Waals surface area contributed by atoms with Crippen LogP contribution in [0.25, 0.3) is 0 Å². The zero-order chi connectivity index (χ0) is 23.7. The molecule has 2 bridgehead atoms. The van der Waals surface area contributed by atoms with E-state index in [4.69, 9.17) is 4.74 Å². The van der Waals surface area contributed by atoms with Crippen LogP contribution in [-0.2, 0) is 28.7 Å². The Kier molecular flexibility index (Phi) is 4.36. The minimum atomic E-state index is -0.914. The summed E-state index contributed by atoms with van der Waals surface area (Å²) >= 11 is 0. The number of methoxy groups -OCH3 is 1. The van der Waals surface area contributed by atoms with Gasteiger partial charge in [0.2, 0.25) is 23.6 Å². The second-order valence-corrected chi connectivity index (χ2v) is 9.01. The van der Waals surface area contributed by atoms with E-state index in [1.165, 1.54) is 7.11 Å². The summed E-state index contributed by atoms with van der Waals surface area (Å²) in [5.41, 5.74) is 1.06. The fraction of sp³-hybridized carbons (Fsp3) is 0.269. The molecule has 2 heterocycles. The molecule has 5 aliphatic rings. The Morgan fingerprint density at radius 2 is 1.06 bits per heavy atom. The number of carbonyl (C=O) groups is 5. The number of allylic oxidation sites excluding steroid dienone is 1. The quantitative estimate of drug-likeness (QED) is 0.517. The first kappa shape index (κ1) is 20.5. The highest BCUT2D eigenvalue weighted by molar-refractivity contribution is 6.27. The molecule has 4 amide bonds. The zero-order valence-corrected chi connectivity index (χ0v) is 18.2. The molecular formula is C26H20N2O6. The van der Waals surface area contributed by atoms with Crippen LogP contribution in [0.5, 0.6) is 0 Å². The Morgan fingerprint density at radius 1 is 0.647 bits per heavy atom. The lowest BCUT2D eigenvalue weighted by Crippen LogP contribution is -2.53. The fourth-order valence-electron chi connectivity index (χ4n) is 6.33. The average molecular weight is 456 g/mol. The summed E-state index contributed by atoms with van der Waals surface area (Å²) in [5.74, 6) is -7.52. The Bertz CT molecular complexity index is 1200. The van der Waals surface area contributed by atoms with Gasteiger partial charge in [-0.2, -0.15) is 0 Å². The number of amides is 4. The van der Waals surface area contributed by atoms with E-state index in [9.17, 15) is 24.0 Å². The molecule has 3 aliphatic carbocycles. The largest absolute Gasteiger partial charge is 0.466 e. The molecule has 170 valence electrons. The van der Waals surface area contributed by atoms with Crippen LogP contribution >= 0.6 is 0 Å². The second kappa shape index (κ2) is 7.21. The molecule has 8 heteroatoms.